The first-order valence-electron chi connectivity index (χ1n) is 14.4. The van der Waals surface area contributed by atoms with Gasteiger partial charge in [-0.2, -0.15) is 10.2 Å². The van der Waals surface area contributed by atoms with Gasteiger partial charge in [-0.15, -0.1) is 0 Å². The molecule has 1 amide bonds. The van der Waals surface area contributed by atoms with Crippen LogP contribution in [0.3, 0.4) is 0 Å². The molecule has 1 atom stereocenters. The van der Waals surface area contributed by atoms with Crippen LogP contribution in [0.15, 0.2) is 67.0 Å². The second kappa shape index (κ2) is 10.6. The van der Waals surface area contributed by atoms with Crippen molar-refractivity contribution in [2.24, 2.45) is 0 Å². The summed E-state index contributed by atoms with van der Waals surface area (Å²) < 4.78 is 18.6. The monoisotopic (exact) mass is 580 g/mol. The SMILES string of the molecule is CCC(=O)OOc1cnn(-c2ccc(-c3cc4nc(C(=O)N5CCc6ccccc6C5C)cc(C5CC5)n4n3)c(F)c2)c1. The normalized spacial score (nSPS) is 16.3. The molecule has 2 aromatic carbocycles. The van der Waals surface area contributed by atoms with E-state index in [4.69, 9.17) is 15.0 Å². The largest absolute Gasteiger partial charge is 0.355 e. The maximum Gasteiger partial charge on any atom is 0.355 e. The summed E-state index contributed by atoms with van der Waals surface area (Å²) in [6.07, 6.45) is 5.83. The highest BCUT2D eigenvalue weighted by atomic mass is 19.1. The second-order valence-electron chi connectivity index (χ2n) is 10.9. The first kappa shape index (κ1) is 26.8. The Kier molecular flexibility index (Phi) is 6.64. The Balaban J connectivity index is 1.18. The van der Waals surface area contributed by atoms with Crippen molar-refractivity contribution in [3.63, 3.8) is 0 Å². The van der Waals surface area contributed by atoms with Crippen LogP contribution >= 0.6 is 0 Å². The van der Waals surface area contributed by atoms with Crippen molar-refractivity contribution in [2.75, 3.05) is 6.54 Å². The lowest BCUT2D eigenvalue weighted by molar-refractivity contribution is -0.213. The zero-order valence-corrected chi connectivity index (χ0v) is 23.7. The van der Waals surface area contributed by atoms with Crippen molar-refractivity contribution in [3.8, 4) is 22.7 Å². The minimum Gasteiger partial charge on any atom is -0.330 e. The molecule has 1 unspecified atom stereocenters. The number of carbonyl (C=O) groups is 2. The summed E-state index contributed by atoms with van der Waals surface area (Å²) in [7, 11) is 0. The highest BCUT2D eigenvalue weighted by molar-refractivity contribution is 5.93. The fraction of sp³-hybridized carbons (Fsp3) is 0.281. The fourth-order valence-corrected chi connectivity index (χ4v) is 5.60. The first-order chi connectivity index (χ1) is 20.9. The standard InChI is InChI=1S/C32H29FN6O4/c1-3-31(40)43-42-23-17-34-38(18-23)22-10-11-25(26(33)14-22)27-16-30-35-28(15-29(21-8-9-21)39(30)36-27)32(41)37-13-12-20-6-4-5-7-24(20)19(37)2/h4-7,10-11,14-19,21H,3,8-9,12-13H2,1-2H3. The molecule has 0 spiro atoms. The number of hydrogen-bond donors (Lipinski definition) is 0. The van der Waals surface area contributed by atoms with Gasteiger partial charge in [-0.05, 0) is 55.5 Å². The van der Waals surface area contributed by atoms with Gasteiger partial charge in [-0.1, -0.05) is 31.2 Å². The van der Waals surface area contributed by atoms with Crippen LogP contribution in [0.2, 0.25) is 0 Å². The van der Waals surface area contributed by atoms with E-state index < -0.39 is 11.8 Å². The maximum atomic E-state index is 15.5. The van der Waals surface area contributed by atoms with Crippen LogP contribution in [-0.2, 0) is 16.1 Å². The van der Waals surface area contributed by atoms with Crippen LogP contribution in [0.5, 0.6) is 5.75 Å². The van der Waals surface area contributed by atoms with Gasteiger partial charge in [0.15, 0.2) is 5.65 Å². The van der Waals surface area contributed by atoms with Gasteiger partial charge in [0, 0.05) is 42.3 Å². The van der Waals surface area contributed by atoms with Crippen LogP contribution in [0.25, 0.3) is 22.6 Å². The second-order valence-corrected chi connectivity index (χ2v) is 10.9. The molecule has 1 fully saturated rings. The lowest BCUT2D eigenvalue weighted by Gasteiger charge is -2.35. The van der Waals surface area contributed by atoms with Crippen molar-refractivity contribution in [1.29, 1.82) is 0 Å². The summed E-state index contributed by atoms with van der Waals surface area (Å²) in [6.45, 7) is 4.33. The molecule has 0 radical (unpaired) electrons. The lowest BCUT2D eigenvalue weighted by Crippen LogP contribution is -2.39. The number of carbonyl (C=O) groups excluding carboxylic acids is 2. The van der Waals surface area contributed by atoms with E-state index in [1.807, 2.05) is 23.1 Å². The van der Waals surface area contributed by atoms with Crippen molar-refractivity contribution in [1.82, 2.24) is 29.3 Å². The molecule has 7 rings (SSSR count). The van der Waals surface area contributed by atoms with E-state index >= 15 is 4.39 Å². The third-order valence-corrected chi connectivity index (χ3v) is 8.10. The predicted octanol–water partition coefficient (Wildman–Crippen LogP) is 5.61. The quantitative estimate of drug-likeness (QED) is 0.182. The zero-order valence-electron chi connectivity index (χ0n) is 23.7. The number of benzene rings is 2. The van der Waals surface area contributed by atoms with Crippen LogP contribution < -0.4 is 4.89 Å². The Labute approximate surface area is 246 Å². The summed E-state index contributed by atoms with van der Waals surface area (Å²) in [5.74, 6) is -0.639. The topological polar surface area (TPSA) is 104 Å². The number of halogens is 1. The van der Waals surface area contributed by atoms with Gasteiger partial charge in [0.25, 0.3) is 5.91 Å². The Morgan fingerprint density at radius 3 is 2.72 bits per heavy atom. The van der Waals surface area contributed by atoms with Gasteiger partial charge in [0.2, 0.25) is 5.75 Å². The summed E-state index contributed by atoms with van der Waals surface area (Å²) in [5.41, 5.74) is 5.39. The maximum absolute atomic E-state index is 15.5. The van der Waals surface area contributed by atoms with Crippen LogP contribution in [0.1, 0.15) is 72.4 Å². The molecule has 0 bridgehead atoms. The minimum absolute atomic E-state index is 0.0586. The summed E-state index contributed by atoms with van der Waals surface area (Å²) in [5, 5.41) is 8.87. The molecule has 3 aromatic heterocycles. The number of hydrogen-bond acceptors (Lipinski definition) is 7. The van der Waals surface area contributed by atoms with E-state index in [0.29, 0.717) is 34.8 Å². The van der Waals surface area contributed by atoms with Crippen molar-refractivity contribution >= 4 is 17.5 Å². The Morgan fingerprint density at radius 2 is 1.93 bits per heavy atom. The van der Waals surface area contributed by atoms with Gasteiger partial charge < -0.3 is 4.90 Å². The number of rotatable bonds is 7. The number of amides is 1. The molecule has 1 saturated carbocycles. The van der Waals surface area contributed by atoms with Crippen molar-refractivity contribution in [2.45, 2.75) is 51.5 Å². The van der Waals surface area contributed by atoms with Crippen molar-refractivity contribution < 1.29 is 23.8 Å². The molecule has 10 nitrogen and oxygen atoms in total. The zero-order chi connectivity index (χ0) is 29.7. The molecular formula is C32H29FN6O4. The first-order valence-corrected chi connectivity index (χ1v) is 14.4. The molecule has 1 aliphatic carbocycles. The third-order valence-electron chi connectivity index (χ3n) is 8.10. The molecule has 1 aliphatic heterocycles. The Bertz CT molecular complexity index is 1880. The average Bonchev–Trinajstić information content (AvgIpc) is 3.60. The smallest absolute Gasteiger partial charge is 0.330 e. The van der Waals surface area contributed by atoms with Gasteiger partial charge in [-0.25, -0.2) is 23.4 Å². The summed E-state index contributed by atoms with van der Waals surface area (Å²) >= 11 is 0. The lowest BCUT2D eigenvalue weighted by atomic mass is 9.93. The van der Waals surface area contributed by atoms with E-state index in [0.717, 1.165) is 30.5 Å². The predicted molar refractivity (Wildman–Crippen MR) is 154 cm³/mol. The number of fused-ring (bicyclic) bond motifs is 2. The van der Waals surface area contributed by atoms with Gasteiger partial charge >= 0.3 is 5.97 Å². The molecule has 0 N–H and O–H groups in total. The molecule has 11 heteroatoms. The molecule has 2 aliphatic rings. The van der Waals surface area contributed by atoms with Gasteiger partial charge in [0.1, 0.15) is 11.5 Å². The minimum atomic E-state index is -0.516. The summed E-state index contributed by atoms with van der Waals surface area (Å²) in [4.78, 5) is 41.3. The number of nitrogens with zero attached hydrogens (tertiary/aromatic N) is 6. The molecule has 5 aromatic rings. The Morgan fingerprint density at radius 1 is 1.09 bits per heavy atom. The van der Waals surface area contributed by atoms with Gasteiger partial charge in [-0.3, -0.25) is 14.6 Å². The molecule has 43 heavy (non-hydrogen) atoms. The average molecular weight is 581 g/mol. The van der Waals surface area contributed by atoms with E-state index in [1.54, 1.807) is 29.6 Å². The molecule has 218 valence electrons. The molecular weight excluding hydrogens is 551 g/mol. The molecule has 0 saturated heterocycles. The molecule has 4 heterocycles. The summed E-state index contributed by atoms with van der Waals surface area (Å²) in [6, 6.07) is 16.4. The van der Waals surface area contributed by atoms with E-state index in [-0.39, 0.29) is 30.0 Å². The van der Waals surface area contributed by atoms with Gasteiger partial charge in [0.05, 0.1) is 29.8 Å². The van der Waals surface area contributed by atoms with E-state index in [2.05, 4.69) is 29.0 Å². The van der Waals surface area contributed by atoms with E-state index in [9.17, 15) is 9.59 Å². The highest BCUT2D eigenvalue weighted by Crippen LogP contribution is 2.41. The fourth-order valence-electron chi connectivity index (χ4n) is 5.60. The Hall–Kier alpha value is -5.06. The van der Waals surface area contributed by atoms with Crippen LogP contribution in [0.4, 0.5) is 4.39 Å². The number of aromatic nitrogens is 5. The highest BCUT2D eigenvalue weighted by Gasteiger charge is 2.32. The van der Waals surface area contributed by atoms with Crippen LogP contribution in [-0.4, -0.2) is 47.7 Å². The van der Waals surface area contributed by atoms with Crippen molar-refractivity contribution in [3.05, 3.63) is 95.3 Å². The van der Waals surface area contributed by atoms with E-state index in [1.165, 1.54) is 28.7 Å². The van der Waals surface area contributed by atoms with Crippen LogP contribution in [0, 0.1) is 5.82 Å². The third kappa shape index (κ3) is 5.00.